The minimum Gasteiger partial charge on any atom is -0.467 e. The second-order valence-corrected chi connectivity index (χ2v) is 9.23. The Kier molecular flexibility index (Phi) is 5.96. The molecule has 33 heavy (non-hydrogen) atoms. The van der Waals surface area contributed by atoms with Crippen molar-refractivity contribution >= 4 is 24.9 Å². The van der Waals surface area contributed by atoms with E-state index in [0.29, 0.717) is 11.3 Å². The number of ether oxygens (including phenoxy) is 2. The summed E-state index contributed by atoms with van der Waals surface area (Å²) in [6.45, 7) is 7.55. The number of nitrogens with zero attached hydrogens (tertiary/aromatic N) is 1. The molecule has 1 saturated heterocycles. The highest BCUT2D eigenvalue weighted by Gasteiger charge is 2.61. The maximum absolute atomic E-state index is 14.3. The third-order valence-corrected chi connectivity index (χ3v) is 6.64. The van der Waals surface area contributed by atoms with Crippen molar-refractivity contribution in [3.05, 3.63) is 65.5 Å². The van der Waals surface area contributed by atoms with Crippen molar-refractivity contribution in [3.63, 3.8) is 0 Å². The highest BCUT2D eigenvalue weighted by molar-refractivity contribution is 6.49. The summed E-state index contributed by atoms with van der Waals surface area (Å²) in [4.78, 5) is 27.4. The first-order chi connectivity index (χ1) is 15.6. The summed E-state index contributed by atoms with van der Waals surface area (Å²) in [6.07, 6.45) is -0.749. The average Bonchev–Trinajstić information content (AvgIpc) is 3.21. The molecule has 9 heteroatoms. The van der Waals surface area contributed by atoms with E-state index in [1.807, 2.05) is 58.0 Å². The minimum absolute atomic E-state index is 0.0156. The second-order valence-electron chi connectivity index (χ2n) is 9.23. The lowest BCUT2D eigenvalue weighted by atomic mass is 9.65. The molecule has 2 heterocycles. The van der Waals surface area contributed by atoms with Gasteiger partial charge in [0.15, 0.2) is 0 Å². The average molecular weight is 455 g/mol. The molecule has 7 nitrogen and oxygen atoms in total. The van der Waals surface area contributed by atoms with Crippen LogP contribution in [0, 0.1) is 5.82 Å². The molecule has 2 aromatic carbocycles. The van der Waals surface area contributed by atoms with E-state index in [-0.39, 0.29) is 6.61 Å². The lowest BCUT2D eigenvalue weighted by molar-refractivity contribution is -0.142. The largest absolute Gasteiger partial charge is 0.468 e. The number of hydrogen-bond acceptors (Lipinski definition) is 6. The Hall–Kier alpha value is -2.91. The topological polar surface area (TPSA) is 74.3 Å². The molecule has 174 valence electrons. The predicted molar refractivity (Wildman–Crippen MR) is 120 cm³/mol. The van der Waals surface area contributed by atoms with Crippen LogP contribution in [0.25, 0.3) is 0 Å². The summed E-state index contributed by atoms with van der Waals surface area (Å²) in [5.41, 5.74) is 0.187. The van der Waals surface area contributed by atoms with Crippen molar-refractivity contribution in [2.24, 2.45) is 0 Å². The fraction of sp³-hybridized carbons (Fsp3) is 0.417. The van der Waals surface area contributed by atoms with Crippen molar-refractivity contribution in [1.82, 2.24) is 0 Å². The normalized spacial score (nSPS) is 22.7. The number of fused-ring (bicyclic) bond motifs is 1. The summed E-state index contributed by atoms with van der Waals surface area (Å²) >= 11 is 0. The van der Waals surface area contributed by atoms with Gasteiger partial charge in [-0.1, -0.05) is 30.3 Å². The Morgan fingerprint density at radius 2 is 1.70 bits per heavy atom. The summed E-state index contributed by atoms with van der Waals surface area (Å²) < 4.78 is 37.3. The summed E-state index contributed by atoms with van der Waals surface area (Å²) in [5, 5.41) is 0. The van der Waals surface area contributed by atoms with Crippen molar-refractivity contribution in [2.75, 3.05) is 12.0 Å². The Morgan fingerprint density at radius 3 is 2.30 bits per heavy atom. The van der Waals surface area contributed by atoms with Gasteiger partial charge in [-0.25, -0.2) is 14.0 Å². The van der Waals surface area contributed by atoms with Gasteiger partial charge in [-0.2, -0.15) is 0 Å². The summed E-state index contributed by atoms with van der Waals surface area (Å²) in [5.74, 6) is -1.99. The van der Waals surface area contributed by atoms with Crippen LogP contribution in [0.2, 0.25) is 0 Å². The van der Waals surface area contributed by atoms with Gasteiger partial charge in [0.2, 0.25) is 0 Å². The van der Waals surface area contributed by atoms with Crippen LogP contribution in [0.4, 0.5) is 14.9 Å². The van der Waals surface area contributed by atoms with Gasteiger partial charge in [-0.3, -0.25) is 4.90 Å². The molecule has 0 radical (unpaired) electrons. The number of carbonyl (C=O) groups excluding carboxylic acids is 2. The molecule has 1 amide bonds. The first kappa shape index (κ1) is 23.3. The van der Waals surface area contributed by atoms with Crippen LogP contribution in [0.3, 0.4) is 0 Å². The fourth-order valence-electron chi connectivity index (χ4n) is 4.20. The van der Waals surface area contributed by atoms with E-state index < -0.39 is 48.1 Å². The maximum Gasteiger partial charge on any atom is 0.468 e. The number of hydrogen-bond donors (Lipinski definition) is 0. The zero-order chi connectivity index (χ0) is 24.0. The Labute approximate surface area is 192 Å². The van der Waals surface area contributed by atoms with E-state index >= 15 is 0 Å². The molecule has 0 N–H and O–H groups in total. The molecular formula is C24H27BFNO6. The predicted octanol–water partition coefficient (Wildman–Crippen LogP) is 4.24. The van der Waals surface area contributed by atoms with Crippen molar-refractivity contribution in [3.8, 4) is 0 Å². The molecule has 1 unspecified atom stereocenters. The summed E-state index contributed by atoms with van der Waals surface area (Å²) in [7, 11) is 0.326. The second kappa shape index (κ2) is 8.46. The number of benzene rings is 2. The number of carbonyl (C=O) groups is 2. The lowest BCUT2D eigenvalue weighted by Gasteiger charge is -2.32. The summed E-state index contributed by atoms with van der Waals surface area (Å²) in [6, 6.07) is 12.0. The van der Waals surface area contributed by atoms with Crippen molar-refractivity contribution < 1.29 is 32.8 Å². The van der Waals surface area contributed by atoms with Gasteiger partial charge < -0.3 is 18.8 Å². The molecule has 2 atom stereocenters. The first-order valence-corrected chi connectivity index (χ1v) is 10.8. The molecule has 4 rings (SSSR count). The maximum atomic E-state index is 14.3. The van der Waals surface area contributed by atoms with Gasteiger partial charge in [0.25, 0.3) is 0 Å². The van der Waals surface area contributed by atoms with Crippen LogP contribution < -0.4 is 4.90 Å². The third kappa shape index (κ3) is 4.11. The molecule has 0 saturated carbocycles. The zero-order valence-corrected chi connectivity index (χ0v) is 19.3. The highest BCUT2D eigenvalue weighted by Crippen LogP contribution is 2.49. The Bertz CT molecular complexity index is 1040. The van der Waals surface area contributed by atoms with Gasteiger partial charge in [0.1, 0.15) is 18.5 Å². The lowest BCUT2D eigenvalue weighted by Crippen LogP contribution is -2.49. The smallest absolute Gasteiger partial charge is 0.467 e. The van der Waals surface area contributed by atoms with Crippen LogP contribution in [0.1, 0.15) is 44.6 Å². The number of rotatable bonds is 4. The van der Waals surface area contributed by atoms with Crippen molar-refractivity contribution in [2.45, 2.75) is 57.4 Å². The first-order valence-electron chi connectivity index (χ1n) is 10.8. The Balaban J connectivity index is 1.72. The van der Waals surface area contributed by atoms with E-state index in [2.05, 4.69) is 0 Å². The quantitative estimate of drug-likeness (QED) is 0.507. The van der Waals surface area contributed by atoms with E-state index in [9.17, 15) is 14.0 Å². The van der Waals surface area contributed by atoms with Crippen LogP contribution in [0.5, 0.6) is 0 Å². The monoisotopic (exact) mass is 455 g/mol. The van der Waals surface area contributed by atoms with Gasteiger partial charge in [0, 0.05) is 0 Å². The number of methoxy groups -OCH3 is 1. The van der Waals surface area contributed by atoms with Crippen LogP contribution >= 0.6 is 0 Å². The van der Waals surface area contributed by atoms with E-state index in [1.54, 1.807) is 0 Å². The number of anilines is 1. The van der Waals surface area contributed by atoms with Crippen LogP contribution in [-0.4, -0.2) is 43.5 Å². The molecular weight excluding hydrogens is 428 g/mol. The third-order valence-electron chi connectivity index (χ3n) is 6.64. The van der Waals surface area contributed by atoms with Gasteiger partial charge in [-0.15, -0.1) is 0 Å². The van der Waals surface area contributed by atoms with Gasteiger partial charge in [0.05, 0.1) is 29.8 Å². The molecule has 2 aliphatic rings. The fourth-order valence-corrected chi connectivity index (χ4v) is 4.20. The molecule has 0 bridgehead atoms. The Morgan fingerprint density at radius 1 is 1.06 bits per heavy atom. The molecule has 0 aliphatic carbocycles. The molecule has 1 fully saturated rings. The van der Waals surface area contributed by atoms with Crippen LogP contribution in [0.15, 0.2) is 48.5 Å². The number of amides is 1. The van der Waals surface area contributed by atoms with Gasteiger partial charge >= 0.3 is 19.2 Å². The van der Waals surface area contributed by atoms with Crippen molar-refractivity contribution in [1.29, 1.82) is 0 Å². The minimum atomic E-state index is -1.15. The number of halogens is 1. The number of esters is 1. The molecule has 2 aromatic rings. The zero-order valence-electron chi connectivity index (χ0n) is 19.3. The highest BCUT2D eigenvalue weighted by atomic mass is 19.1. The van der Waals surface area contributed by atoms with E-state index in [0.717, 1.165) is 5.56 Å². The van der Waals surface area contributed by atoms with Crippen LogP contribution in [-0.2, 0) is 30.2 Å². The van der Waals surface area contributed by atoms with Gasteiger partial charge in [-0.05, 0) is 57.0 Å². The molecule has 0 spiro atoms. The van der Waals surface area contributed by atoms with E-state index in [1.165, 1.54) is 30.2 Å². The van der Waals surface area contributed by atoms with E-state index in [4.69, 9.17) is 18.8 Å². The molecule has 2 aliphatic heterocycles. The molecule has 0 aromatic heterocycles. The SMILES string of the molecule is COC(=O)C1[C@@H](B2OC(C)(C)C(C)(C)O2)c2cc(F)ccc2N1C(=O)OCc1ccccc1. The standard InChI is InChI=1S/C24H27BFNO6/c1-23(2)24(3,4)33-25(32-23)19-17-13-16(26)11-12-18(17)27(20(19)21(28)30-5)22(29)31-14-15-9-7-6-8-10-15/h6-13,19-20H,14H2,1-5H3/t19-,20?/m0/s1.